The first kappa shape index (κ1) is 28.1. The van der Waals surface area contributed by atoms with Crippen molar-refractivity contribution >= 4 is 27.3 Å². The first-order chi connectivity index (χ1) is 13.5. The molecule has 0 spiro atoms. The fourth-order valence-corrected chi connectivity index (χ4v) is 5.25. The average molecular weight is 525 g/mol. The lowest BCUT2D eigenvalue weighted by Gasteiger charge is -2.39. The minimum absolute atomic E-state index is 0.205. The molecule has 1 aromatic carbocycles. The zero-order valence-electron chi connectivity index (χ0n) is 16.5. The number of hydrogen-bond acceptors (Lipinski definition) is 3. The maximum absolute atomic E-state index is 14.5. The second-order valence-corrected chi connectivity index (χ2v) is 15.8. The smallest absolute Gasteiger partial charge is 0.425 e. The second-order valence-electron chi connectivity index (χ2n) is 7.94. The highest BCUT2D eigenvalue weighted by molar-refractivity contribution is 7.53. The lowest BCUT2D eigenvalue weighted by atomic mass is 10.00. The molecule has 0 saturated carbocycles. The molecule has 0 heterocycles. The van der Waals surface area contributed by atoms with Crippen LogP contribution in [0.5, 0.6) is 5.75 Å². The molecule has 0 radical (unpaired) electrons. The van der Waals surface area contributed by atoms with Gasteiger partial charge in [-0.3, -0.25) is 4.52 Å². The van der Waals surface area contributed by atoms with Crippen LogP contribution < -0.4 is 4.52 Å². The summed E-state index contributed by atoms with van der Waals surface area (Å²) in [4.78, 5) is 0. The predicted molar refractivity (Wildman–Crippen MR) is 99.5 cm³/mol. The highest BCUT2D eigenvalue weighted by Crippen LogP contribution is 2.58. The van der Waals surface area contributed by atoms with Gasteiger partial charge in [-0.1, -0.05) is 31.2 Å². The Balaban J connectivity index is 3.37. The molecule has 0 aliphatic carbocycles. The van der Waals surface area contributed by atoms with Gasteiger partial charge in [-0.2, -0.15) is 39.5 Å². The summed E-state index contributed by atoms with van der Waals surface area (Å²) in [5, 5.41) is 0.205. The molecule has 1 rings (SSSR count). The molecule has 0 N–H and O–H groups in total. The van der Waals surface area contributed by atoms with Crippen LogP contribution in [0.15, 0.2) is 24.3 Å². The van der Waals surface area contributed by atoms with E-state index in [1.54, 1.807) is 0 Å². The van der Waals surface area contributed by atoms with Gasteiger partial charge in [-0.15, -0.1) is 0 Å². The fraction of sp³-hybridized carbons (Fsp3) is 0.625. The van der Waals surface area contributed by atoms with Crippen molar-refractivity contribution in [1.82, 2.24) is 0 Å². The lowest BCUT2D eigenvalue weighted by Crippen LogP contribution is -2.65. The Labute approximate surface area is 178 Å². The van der Waals surface area contributed by atoms with Crippen LogP contribution in [0, 0.1) is 0 Å². The van der Waals surface area contributed by atoms with Crippen molar-refractivity contribution in [2.75, 3.05) is 6.66 Å². The van der Waals surface area contributed by atoms with Crippen molar-refractivity contribution in [2.24, 2.45) is 0 Å². The Morgan fingerprint density at radius 2 is 1.39 bits per heavy atom. The normalized spacial score (nSPS) is 17.2. The molecule has 15 heteroatoms. The number of alkyl halides is 9. The van der Waals surface area contributed by atoms with Crippen molar-refractivity contribution in [1.29, 1.82) is 0 Å². The van der Waals surface area contributed by atoms with Crippen molar-refractivity contribution in [3.05, 3.63) is 29.3 Å². The summed E-state index contributed by atoms with van der Waals surface area (Å²) in [7, 11) is -7.56. The van der Waals surface area contributed by atoms with Gasteiger partial charge in [0.15, 0.2) is 0 Å². The molecular formula is C16H19ClF9O3PSi. The molecule has 1 aromatic rings. The van der Waals surface area contributed by atoms with Crippen LogP contribution in [0.1, 0.15) is 0 Å². The van der Waals surface area contributed by atoms with Crippen LogP contribution in [-0.2, 0) is 9.09 Å². The molecule has 0 aliphatic rings. The Bertz CT molecular complexity index is 810. The van der Waals surface area contributed by atoms with Gasteiger partial charge in [0.25, 0.3) is 0 Å². The van der Waals surface area contributed by atoms with E-state index >= 15 is 0 Å². The first-order valence-corrected chi connectivity index (χ1v) is 14.5. The second kappa shape index (κ2) is 8.79. The van der Waals surface area contributed by atoms with Crippen LogP contribution >= 0.6 is 19.2 Å². The third-order valence-electron chi connectivity index (χ3n) is 3.77. The van der Waals surface area contributed by atoms with Gasteiger partial charge < -0.3 is 4.52 Å². The molecule has 0 amide bonds. The Morgan fingerprint density at radius 3 is 1.77 bits per heavy atom. The minimum Gasteiger partial charge on any atom is -0.425 e. The summed E-state index contributed by atoms with van der Waals surface area (Å²) < 4.78 is 143. The molecule has 2 atom stereocenters. The van der Waals surface area contributed by atoms with Crippen LogP contribution in [0.25, 0.3) is 0 Å². The van der Waals surface area contributed by atoms with E-state index < -0.39 is 51.8 Å². The molecule has 0 bridgehead atoms. The van der Waals surface area contributed by atoms with Gasteiger partial charge in [-0.05, 0) is 30.3 Å². The van der Waals surface area contributed by atoms with E-state index in [1.807, 2.05) is 0 Å². The van der Waals surface area contributed by atoms with E-state index in [0.717, 1.165) is 12.1 Å². The molecular weight excluding hydrogens is 506 g/mol. The molecule has 0 aliphatic heterocycles. The first-order valence-electron chi connectivity index (χ1n) is 8.45. The fourth-order valence-electron chi connectivity index (χ4n) is 2.32. The monoisotopic (exact) mass is 524 g/mol. The summed E-state index contributed by atoms with van der Waals surface area (Å²) in [6.07, 6.45) is -10.2. The maximum atomic E-state index is 14.5. The summed E-state index contributed by atoms with van der Waals surface area (Å²) in [6, 6.07) is 3.71. The van der Waals surface area contributed by atoms with Gasteiger partial charge >= 0.3 is 31.5 Å². The largest absolute Gasteiger partial charge is 0.460 e. The molecule has 3 nitrogen and oxygen atoms in total. The zero-order valence-corrected chi connectivity index (χ0v) is 19.2. The molecule has 180 valence electrons. The van der Waals surface area contributed by atoms with Crippen molar-refractivity contribution in [3.8, 4) is 5.75 Å². The van der Waals surface area contributed by atoms with Crippen LogP contribution in [0.2, 0.25) is 30.7 Å². The third-order valence-corrected chi connectivity index (χ3v) is 6.80. The predicted octanol–water partition coefficient (Wildman–Crippen LogP) is 7.73. The topological polar surface area (TPSA) is 35.5 Å². The zero-order chi connectivity index (χ0) is 24.7. The summed E-state index contributed by atoms with van der Waals surface area (Å²) >= 11 is 5.63. The highest BCUT2D eigenvalue weighted by Gasteiger charge is 2.83. The molecule has 0 fully saturated rings. The highest BCUT2D eigenvalue weighted by atomic mass is 35.5. The average Bonchev–Trinajstić information content (AvgIpc) is 2.53. The SMILES string of the molecule is C[Si](C)(C)CC(OP(C)(=O)Oc1ccc(Cl)cc1)C(F)(F)C(F)(F)C(F)(F)C(F)(F)F. The Hall–Kier alpha value is -0.913. The quantitative estimate of drug-likeness (QED) is 0.188. The van der Waals surface area contributed by atoms with Gasteiger partial charge in [0.05, 0.1) is 0 Å². The van der Waals surface area contributed by atoms with Gasteiger partial charge in [0, 0.05) is 19.8 Å². The van der Waals surface area contributed by atoms with E-state index in [4.69, 9.17) is 16.1 Å². The van der Waals surface area contributed by atoms with Crippen molar-refractivity contribution < 1.29 is 53.1 Å². The molecule has 0 saturated heterocycles. The Morgan fingerprint density at radius 1 is 0.935 bits per heavy atom. The number of halogens is 10. The molecule has 2 unspecified atom stereocenters. The standard InChI is InChI=1S/C16H19ClF9O3PSi/c1-30(27,28-11-7-5-10(17)6-8-11)29-12(9-31(2,3)4)13(18,19)14(20,21)15(22,23)16(24,25)26/h5-8,12H,9H2,1-4H3. The van der Waals surface area contributed by atoms with E-state index in [-0.39, 0.29) is 10.8 Å². The molecule has 0 aromatic heterocycles. The number of rotatable bonds is 9. The van der Waals surface area contributed by atoms with Crippen LogP contribution in [0.3, 0.4) is 0 Å². The summed E-state index contributed by atoms with van der Waals surface area (Å²) in [5.74, 6) is -20.3. The van der Waals surface area contributed by atoms with Crippen molar-refractivity contribution in [2.45, 2.75) is 55.7 Å². The van der Waals surface area contributed by atoms with E-state index in [2.05, 4.69) is 4.52 Å². The lowest BCUT2D eigenvalue weighted by molar-refractivity contribution is -0.403. The van der Waals surface area contributed by atoms with Gasteiger partial charge in [-0.25, -0.2) is 4.57 Å². The van der Waals surface area contributed by atoms with Crippen molar-refractivity contribution in [3.63, 3.8) is 0 Å². The van der Waals surface area contributed by atoms with Crippen LogP contribution in [-0.4, -0.2) is 44.8 Å². The Kier molecular flexibility index (Phi) is 7.98. The number of benzene rings is 1. The van der Waals surface area contributed by atoms with E-state index in [0.29, 0.717) is 6.66 Å². The minimum atomic E-state index is -7.08. The third kappa shape index (κ3) is 6.55. The maximum Gasteiger partial charge on any atom is 0.460 e. The van der Waals surface area contributed by atoms with Gasteiger partial charge in [0.1, 0.15) is 11.9 Å². The summed E-state index contributed by atoms with van der Waals surface area (Å²) in [6.45, 7) is 4.63. The van der Waals surface area contributed by atoms with Gasteiger partial charge in [0.2, 0.25) is 0 Å². The van der Waals surface area contributed by atoms with E-state index in [9.17, 15) is 44.1 Å². The summed E-state index contributed by atoms with van der Waals surface area (Å²) in [5.41, 5.74) is 0. The number of hydrogen-bond donors (Lipinski definition) is 0. The van der Waals surface area contributed by atoms with Crippen LogP contribution in [0.4, 0.5) is 39.5 Å². The molecule has 31 heavy (non-hydrogen) atoms. The van der Waals surface area contributed by atoms with E-state index in [1.165, 1.54) is 31.8 Å².